The minimum absolute atomic E-state index is 1.12. The Labute approximate surface area is 238 Å². The lowest BCUT2D eigenvalue weighted by atomic mass is 10.1. The fraction of sp³-hybridized carbons (Fsp3) is 0.0526. The van der Waals surface area contributed by atoms with Crippen LogP contribution in [0.25, 0.3) is 49.3 Å². The number of aryl methyl sites for hydroxylation is 2. The summed E-state index contributed by atoms with van der Waals surface area (Å²) in [4.78, 5) is 5.96. The van der Waals surface area contributed by atoms with Crippen LogP contribution in [0.3, 0.4) is 0 Å². The second-order valence-electron chi connectivity index (χ2n) is 11.0. The van der Waals surface area contributed by atoms with Crippen molar-refractivity contribution < 1.29 is 0 Å². The molecule has 0 saturated heterocycles. The van der Waals surface area contributed by atoms with Gasteiger partial charge in [0.2, 0.25) is 0 Å². The van der Waals surface area contributed by atoms with E-state index in [0.29, 0.717) is 0 Å². The first-order valence-corrected chi connectivity index (χ1v) is 14.1. The van der Waals surface area contributed by atoms with Gasteiger partial charge in [-0.05, 0) is 98.8 Å². The number of aromatic amines is 1. The molecule has 0 saturated carbocycles. The summed E-state index contributed by atoms with van der Waals surface area (Å²) in [5.74, 6) is 0. The van der Waals surface area contributed by atoms with Crippen molar-refractivity contribution in [3.8, 4) is 5.69 Å². The van der Waals surface area contributed by atoms with E-state index >= 15 is 0 Å². The third kappa shape index (κ3) is 3.81. The Balaban J connectivity index is 1.34. The molecule has 1 N–H and O–H groups in total. The van der Waals surface area contributed by atoms with Crippen LogP contribution in [0, 0.1) is 13.8 Å². The SMILES string of the molecule is Cc1ccc2[nH]c3cc4c5cc(C)ccc5n(-c5ccc(N(c6ccccc6)c6ccccc6)cc5)c4cc3c2c1. The lowest BCUT2D eigenvalue weighted by molar-refractivity contribution is 1.17. The van der Waals surface area contributed by atoms with Gasteiger partial charge in [0.25, 0.3) is 0 Å². The standard InChI is InChI=1S/C38H29N3/c1-25-13-19-35-31(21-25)32-24-38-34(23-36(32)39-35)33-22-26(2)14-20-37(33)41(38)30-17-15-29(16-18-30)40(27-9-5-3-6-10-27)28-11-7-4-8-12-28/h3-24,39H,1-2H3. The summed E-state index contributed by atoms with van der Waals surface area (Å²) in [5.41, 5.74) is 11.9. The highest BCUT2D eigenvalue weighted by atomic mass is 15.1. The van der Waals surface area contributed by atoms with Crippen LogP contribution < -0.4 is 4.90 Å². The first kappa shape index (κ1) is 23.6. The average Bonchev–Trinajstić information content (AvgIpc) is 3.51. The van der Waals surface area contributed by atoms with Gasteiger partial charge in [-0.3, -0.25) is 0 Å². The molecule has 0 fully saturated rings. The maximum absolute atomic E-state index is 3.66. The second kappa shape index (κ2) is 9.14. The molecule has 0 amide bonds. The highest BCUT2D eigenvalue weighted by molar-refractivity contribution is 6.18. The van der Waals surface area contributed by atoms with Gasteiger partial charge in [-0.2, -0.15) is 0 Å². The quantitative estimate of drug-likeness (QED) is 0.242. The van der Waals surface area contributed by atoms with Gasteiger partial charge in [-0.1, -0.05) is 59.7 Å². The molecule has 3 heteroatoms. The van der Waals surface area contributed by atoms with Crippen molar-refractivity contribution in [1.82, 2.24) is 9.55 Å². The van der Waals surface area contributed by atoms with E-state index in [2.05, 4.69) is 162 Å². The largest absolute Gasteiger partial charge is 0.354 e. The van der Waals surface area contributed by atoms with E-state index in [1.54, 1.807) is 0 Å². The normalized spacial score (nSPS) is 11.7. The monoisotopic (exact) mass is 527 g/mol. The number of nitrogens with one attached hydrogen (secondary N) is 1. The van der Waals surface area contributed by atoms with Gasteiger partial charge in [0.15, 0.2) is 0 Å². The summed E-state index contributed by atoms with van der Waals surface area (Å²) in [7, 11) is 0. The summed E-state index contributed by atoms with van der Waals surface area (Å²) in [6.07, 6.45) is 0. The number of rotatable bonds is 4. The topological polar surface area (TPSA) is 24.0 Å². The molecular weight excluding hydrogens is 498 g/mol. The molecule has 41 heavy (non-hydrogen) atoms. The van der Waals surface area contributed by atoms with Crippen LogP contribution in [0.1, 0.15) is 11.1 Å². The zero-order chi connectivity index (χ0) is 27.5. The molecule has 196 valence electrons. The lowest BCUT2D eigenvalue weighted by Crippen LogP contribution is -2.09. The number of hydrogen-bond donors (Lipinski definition) is 1. The van der Waals surface area contributed by atoms with E-state index in [1.165, 1.54) is 54.7 Å². The fourth-order valence-corrected chi connectivity index (χ4v) is 6.27. The number of nitrogens with zero attached hydrogens (tertiary/aromatic N) is 2. The summed E-state index contributed by atoms with van der Waals surface area (Å²) < 4.78 is 2.41. The molecule has 2 aromatic heterocycles. The predicted molar refractivity (Wildman–Crippen MR) is 174 cm³/mol. The number of anilines is 3. The first-order valence-electron chi connectivity index (χ1n) is 14.1. The Morgan fingerprint density at radius 2 is 1.02 bits per heavy atom. The molecule has 0 aliphatic rings. The van der Waals surface area contributed by atoms with Gasteiger partial charge in [0.1, 0.15) is 0 Å². The number of benzene rings is 6. The summed E-state index contributed by atoms with van der Waals surface area (Å²) in [5, 5.41) is 5.06. The highest BCUT2D eigenvalue weighted by Crippen LogP contribution is 2.39. The Hall–Kier alpha value is -5.28. The van der Waals surface area contributed by atoms with Crippen molar-refractivity contribution >= 4 is 60.7 Å². The fourth-order valence-electron chi connectivity index (χ4n) is 6.27. The maximum atomic E-state index is 3.66. The molecule has 6 aromatic carbocycles. The molecule has 0 aliphatic heterocycles. The number of para-hydroxylation sites is 2. The Bertz CT molecular complexity index is 2160. The minimum Gasteiger partial charge on any atom is -0.354 e. The van der Waals surface area contributed by atoms with E-state index in [0.717, 1.165) is 22.7 Å². The molecule has 3 nitrogen and oxygen atoms in total. The van der Waals surface area contributed by atoms with Crippen molar-refractivity contribution in [2.24, 2.45) is 0 Å². The van der Waals surface area contributed by atoms with Crippen LogP contribution in [0.5, 0.6) is 0 Å². The molecule has 0 spiro atoms. The summed E-state index contributed by atoms with van der Waals surface area (Å²) in [6.45, 7) is 4.33. The molecule has 0 bridgehead atoms. The number of hydrogen-bond acceptors (Lipinski definition) is 1. The van der Waals surface area contributed by atoms with Crippen molar-refractivity contribution in [3.05, 3.63) is 145 Å². The maximum Gasteiger partial charge on any atom is 0.0548 e. The average molecular weight is 528 g/mol. The van der Waals surface area contributed by atoms with E-state index in [4.69, 9.17) is 0 Å². The minimum atomic E-state index is 1.12. The Kier molecular flexibility index (Phi) is 5.26. The Morgan fingerprint density at radius 3 is 1.71 bits per heavy atom. The van der Waals surface area contributed by atoms with E-state index in [-0.39, 0.29) is 0 Å². The molecular formula is C38H29N3. The molecule has 0 atom stereocenters. The first-order chi connectivity index (χ1) is 20.1. The van der Waals surface area contributed by atoms with Crippen molar-refractivity contribution in [1.29, 1.82) is 0 Å². The van der Waals surface area contributed by atoms with Gasteiger partial charge >= 0.3 is 0 Å². The number of H-pyrrole nitrogens is 1. The Morgan fingerprint density at radius 1 is 0.463 bits per heavy atom. The smallest absolute Gasteiger partial charge is 0.0548 e. The van der Waals surface area contributed by atoms with Gasteiger partial charge in [-0.25, -0.2) is 0 Å². The van der Waals surface area contributed by atoms with Crippen LogP contribution in [-0.2, 0) is 0 Å². The molecule has 0 radical (unpaired) electrons. The zero-order valence-corrected chi connectivity index (χ0v) is 23.1. The second-order valence-corrected chi connectivity index (χ2v) is 11.0. The molecule has 8 rings (SSSR count). The van der Waals surface area contributed by atoms with Crippen LogP contribution in [0.15, 0.2) is 133 Å². The van der Waals surface area contributed by atoms with Gasteiger partial charge in [-0.15, -0.1) is 0 Å². The molecule has 0 unspecified atom stereocenters. The van der Waals surface area contributed by atoms with E-state index in [9.17, 15) is 0 Å². The van der Waals surface area contributed by atoms with Crippen LogP contribution in [0.4, 0.5) is 17.1 Å². The van der Waals surface area contributed by atoms with Gasteiger partial charge in [0.05, 0.1) is 11.0 Å². The number of aromatic nitrogens is 2. The van der Waals surface area contributed by atoms with Crippen molar-refractivity contribution in [2.45, 2.75) is 13.8 Å². The van der Waals surface area contributed by atoms with Crippen molar-refractivity contribution in [2.75, 3.05) is 4.90 Å². The van der Waals surface area contributed by atoms with E-state index < -0.39 is 0 Å². The van der Waals surface area contributed by atoms with Gasteiger partial charge < -0.3 is 14.5 Å². The summed E-state index contributed by atoms with van der Waals surface area (Å²) in [6, 6.07) is 48.2. The lowest BCUT2D eigenvalue weighted by Gasteiger charge is -2.25. The molecule has 0 aliphatic carbocycles. The number of fused-ring (bicyclic) bond motifs is 6. The van der Waals surface area contributed by atoms with E-state index in [1.807, 2.05) is 0 Å². The molecule has 8 aromatic rings. The summed E-state index contributed by atoms with van der Waals surface area (Å²) >= 11 is 0. The third-order valence-electron chi connectivity index (χ3n) is 8.19. The zero-order valence-electron chi connectivity index (χ0n) is 23.1. The van der Waals surface area contributed by atoms with Crippen LogP contribution >= 0.6 is 0 Å². The third-order valence-corrected chi connectivity index (χ3v) is 8.19. The van der Waals surface area contributed by atoms with Crippen LogP contribution in [-0.4, -0.2) is 9.55 Å². The predicted octanol–water partition coefficient (Wildman–Crippen LogP) is 10.5. The molecule has 2 heterocycles. The van der Waals surface area contributed by atoms with Gasteiger partial charge in [0, 0.05) is 55.3 Å². The van der Waals surface area contributed by atoms with Crippen LogP contribution in [0.2, 0.25) is 0 Å². The highest BCUT2D eigenvalue weighted by Gasteiger charge is 2.17. The van der Waals surface area contributed by atoms with Crippen molar-refractivity contribution in [3.63, 3.8) is 0 Å².